The molecule has 0 aromatic heterocycles. The first-order valence-electron chi connectivity index (χ1n) is 4.44. The number of methoxy groups -OCH3 is 2. The molecule has 82 valence electrons. The van der Waals surface area contributed by atoms with E-state index in [4.69, 9.17) is 18.9 Å². The van der Waals surface area contributed by atoms with Crippen molar-refractivity contribution in [3.63, 3.8) is 0 Å². The lowest BCUT2D eigenvalue weighted by atomic mass is 10.3. The van der Waals surface area contributed by atoms with E-state index >= 15 is 0 Å². The Labute approximate surface area is 87.1 Å². The van der Waals surface area contributed by atoms with Crippen molar-refractivity contribution >= 4 is 0 Å². The molecular weight excluding hydrogens is 200 g/mol. The van der Waals surface area contributed by atoms with Crippen LogP contribution in [0.15, 0.2) is 18.2 Å². The van der Waals surface area contributed by atoms with Crippen LogP contribution in [0.5, 0.6) is 17.2 Å². The van der Waals surface area contributed by atoms with E-state index < -0.39 is 5.97 Å². The molecule has 1 aromatic carbocycles. The summed E-state index contributed by atoms with van der Waals surface area (Å²) in [5.41, 5.74) is 0. The highest BCUT2D eigenvalue weighted by Gasteiger charge is 2.36. The van der Waals surface area contributed by atoms with Gasteiger partial charge in [-0.3, -0.25) is 0 Å². The van der Waals surface area contributed by atoms with Crippen LogP contribution in [0.4, 0.5) is 0 Å². The average molecular weight is 212 g/mol. The van der Waals surface area contributed by atoms with Crippen molar-refractivity contribution in [2.75, 3.05) is 20.8 Å². The summed E-state index contributed by atoms with van der Waals surface area (Å²) in [6.07, 6.45) is 0. The molecule has 0 spiro atoms. The minimum atomic E-state index is -1.72. The molecule has 1 unspecified atom stereocenters. The predicted molar refractivity (Wildman–Crippen MR) is 51.1 cm³/mol. The molecule has 0 bridgehead atoms. The summed E-state index contributed by atoms with van der Waals surface area (Å²) in [6, 6.07) is 5.08. The van der Waals surface area contributed by atoms with Crippen LogP contribution >= 0.6 is 0 Å². The third-order valence-electron chi connectivity index (χ3n) is 2.15. The van der Waals surface area contributed by atoms with Gasteiger partial charge >= 0.3 is 5.97 Å². The van der Waals surface area contributed by atoms with Crippen LogP contribution in [-0.2, 0) is 4.74 Å². The molecule has 1 aliphatic heterocycles. The first-order valence-corrected chi connectivity index (χ1v) is 4.44. The van der Waals surface area contributed by atoms with E-state index in [2.05, 4.69) is 0 Å². The number of ether oxygens (including phenoxy) is 4. The number of fused-ring (bicyclic) bond motifs is 1. The summed E-state index contributed by atoms with van der Waals surface area (Å²) in [7, 11) is 2.89. The number of aliphatic hydroxyl groups is 1. The maximum atomic E-state index is 9.68. The lowest BCUT2D eigenvalue weighted by Gasteiger charge is -2.31. The van der Waals surface area contributed by atoms with Gasteiger partial charge in [0.05, 0.1) is 7.11 Å². The molecule has 1 aromatic rings. The van der Waals surface area contributed by atoms with Gasteiger partial charge in [-0.15, -0.1) is 0 Å². The normalized spacial score (nSPS) is 23.7. The monoisotopic (exact) mass is 212 g/mol. The van der Waals surface area contributed by atoms with Crippen LogP contribution < -0.4 is 14.2 Å². The smallest absolute Gasteiger partial charge is 0.360 e. The van der Waals surface area contributed by atoms with Crippen molar-refractivity contribution in [2.45, 2.75) is 5.97 Å². The molecule has 0 saturated heterocycles. The van der Waals surface area contributed by atoms with Gasteiger partial charge in [0.2, 0.25) is 0 Å². The standard InChI is InChI=1S/C10H12O5/c1-12-7-3-4-8-9(5-7)15-10(11,13-2)6-14-8/h3-5,11H,6H2,1-2H3. The zero-order valence-corrected chi connectivity index (χ0v) is 8.52. The summed E-state index contributed by atoms with van der Waals surface area (Å²) in [5, 5.41) is 9.68. The largest absolute Gasteiger partial charge is 0.497 e. The van der Waals surface area contributed by atoms with Gasteiger partial charge in [-0.2, -0.15) is 0 Å². The molecule has 2 rings (SSSR count). The predicted octanol–water partition coefficient (Wildman–Crippen LogP) is 0.759. The fraction of sp³-hybridized carbons (Fsp3) is 0.400. The zero-order chi connectivity index (χ0) is 10.9. The van der Waals surface area contributed by atoms with Crippen LogP contribution in [0.2, 0.25) is 0 Å². The molecule has 5 nitrogen and oxygen atoms in total. The van der Waals surface area contributed by atoms with Crippen molar-refractivity contribution in [2.24, 2.45) is 0 Å². The topological polar surface area (TPSA) is 57.2 Å². The Morgan fingerprint density at radius 1 is 1.33 bits per heavy atom. The minimum Gasteiger partial charge on any atom is -0.497 e. The summed E-state index contributed by atoms with van der Waals surface area (Å²) in [5.74, 6) is -0.153. The van der Waals surface area contributed by atoms with E-state index in [9.17, 15) is 5.11 Å². The molecule has 5 heteroatoms. The van der Waals surface area contributed by atoms with Gasteiger partial charge in [0.15, 0.2) is 18.1 Å². The summed E-state index contributed by atoms with van der Waals surface area (Å²) < 4.78 is 20.3. The SMILES string of the molecule is COc1ccc2c(c1)OC(O)(OC)CO2. The minimum absolute atomic E-state index is 0.0666. The van der Waals surface area contributed by atoms with Gasteiger partial charge in [-0.05, 0) is 12.1 Å². The Kier molecular flexibility index (Phi) is 2.42. The Morgan fingerprint density at radius 3 is 2.80 bits per heavy atom. The second kappa shape index (κ2) is 3.60. The van der Waals surface area contributed by atoms with E-state index in [1.165, 1.54) is 7.11 Å². The van der Waals surface area contributed by atoms with Crippen molar-refractivity contribution in [1.29, 1.82) is 0 Å². The fourth-order valence-corrected chi connectivity index (χ4v) is 1.29. The number of hydrogen-bond acceptors (Lipinski definition) is 5. The van der Waals surface area contributed by atoms with Gasteiger partial charge < -0.3 is 24.1 Å². The van der Waals surface area contributed by atoms with E-state index in [0.29, 0.717) is 17.2 Å². The Bertz CT molecular complexity index is 365. The molecule has 0 saturated carbocycles. The zero-order valence-electron chi connectivity index (χ0n) is 8.52. The quantitative estimate of drug-likeness (QED) is 0.733. The van der Waals surface area contributed by atoms with E-state index in [-0.39, 0.29) is 6.61 Å². The molecule has 1 aliphatic rings. The summed E-state index contributed by atoms with van der Waals surface area (Å²) >= 11 is 0. The van der Waals surface area contributed by atoms with Crippen LogP contribution in [0, 0.1) is 0 Å². The van der Waals surface area contributed by atoms with Gasteiger partial charge in [-0.25, -0.2) is 0 Å². The van der Waals surface area contributed by atoms with Gasteiger partial charge in [0.25, 0.3) is 0 Å². The molecule has 1 N–H and O–H groups in total. The van der Waals surface area contributed by atoms with Crippen LogP contribution in [0.1, 0.15) is 0 Å². The average Bonchev–Trinajstić information content (AvgIpc) is 2.28. The Hall–Kier alpha value is -1.46. The summed E-state index contributed by atoms with van der Waals surface area (Å²) in [4.78, 5) is 0. The van der Waals surface area contributed by atoms with Gasteiger partial charge in [-0.1, -0.05) is 0 Å². The lowest BCUT2D eigenvalue weighted by molar-refractivity contribution is -0.327. The van der Waals surface area contributed by atoms with Crippen LogP contribution in [-0.4, -0.2) is 31.9 Å². The van der Waals surface area contributed by atoms with Gasteiger partial charge in [0.1, 0.15) is 5.75 Å². The van der Waals surface area contributed by atoms with E-state index in [0.717, 1.165) is 0 Å². The first kappa shape index (κ1) is 10.1. The first-order chi connectivity index (χ1) is 7.17. The third kappa shape index (κ3) is 1.84. The second-order valence-corrected chi connectivity index (χ2v) is 3.12. The van der Waals surface area contributed by atoms with Crippen LogP contribution in [0.3, 0.4) is 0 Å². The highest BCUT2D eigenvalue weighted by atomic mass is 16.8. The maximum Gasteiger partial charge on any atom is 0.360 e. The third-order valence-corrected chi connectivity index (χ3v) is 2.15. The van der Waals surface area contributed by atoms with Crippen LogP contribution in [0.25, 0.3) is 0 Å². The number of benzene rings is 1. The molecule has 1 atom stereocenters. The second-order valence-electron chi connectivity index (χ2n) is 3.12. The van der Waals surface area contributed by atoms with Gasteiger partial charge in [0, 0.05) is 13.2 Å². The number of hydrogen-bond donors (Lipinski definition) is 1. The maximum absolute atomic E-state index is 9.68. The molecular formula is C10H12O5. The molecule has 0 radical (unpaired) electrons. The fourth-order valence-electron chi connectivity index (χ4n) is 1.29. The Morgan fingerprint density at radius 2 is 2.13 bits per heavy atom. The lowest BCUT2D eigenvalue weighted by Crippen LogP contribution is -2.46. The molecule has 0 aliphatic carbocycles. The van der Waals surface area contributed by atoms with E-state index in [1.54, 1.807) is 25.3 Å². The Balaban J connectivity index is 2.31. The molecule has 0 fully saturated rings. The summed E-state index contributed by atoms with van der Waals surface area (Å²) in [6.45, 7) is -0.0666. The van der Waals surface area contributed by atoms with Crippen molar-refractivity contribution in [3.05, 3.63) is 18.2 Å². The highest BCUT2D eigenvalue weighted by molar-refractivity contribution is 5.46. The molecule has 0 amide bonds. The number of rotatable bonds is 2. The molecule has 1 heterocycles. The van der Waals surface area contributed by atoms with E-state index in [1.807, 2.05) is 0 Å². The highest BCUT2D eigenvalue weighted by Crippen LogP contribution is 2.37. The van der Waals surface area contributed by atoms with Crippen molar-refractivity contribution in [3.8, 4) is 17.2 Å². The van der Waals surface area contributed by atoms with Crippen molar-refractivity contribution < 1.29 is 24.1 Å². The molecule has 15 heavy (non-hydrogen) atoms. The van der Waals surface area contributed by atoms with Crippen molar-refractivity contribution in [1.82, 2.24) is 0 Å².